The van der Waals surface area contributed by atoms with E-state index in [2.05, 4.69) is 26.0 Å². The predicted molar refractivity (Wildman–Crippen MR) is 121 cm³/mol. The molecule has 0 aliphatic carbocycles. The molecule has 3 rings (SSSR count). The maximum atomic E-state index is 13.0. The lowest BCUT2D eigenvalue weighted by molar-refractivity contribution is -0.131. The van der Waals surface area contributed by atoms with Crippen molar-refractivity contribution in [2.45, 2.75) is 26.7 Å². The van der Waals surface area contributed by atoms with E-state index in [0.717, 1.165) is 12.0 Å². The fourth-order valence-corrected chi connectivity index (χ4v) is 3.86. The van der Waals surface area contributed by atoms with Crippen LogP contribution in [0, 0.1) is 5.92 Å². The van der Waals surface area contributed by atoms with Crippen molar-refractivity contribution in [2.24, 2.45) is 5.92 Å². The van der Waals surface area contributed by atoms with Gasteiger partial charge in [-0.2, -0.15) is 0 Å². The summed E-state index contributed by atoms with van der Waals surface area (Å²) in [6, 6.07) is 13.5. The number of hydrogen-bond donors (Lipinski definition) is 0. The van der Waals surface area contributed by atoms with Crippen LogP contribution in [0.1, 0.15) is 35.3 Å². The van der Waals surface area contributed by atoms with Crippen LogP contribution in [0.4, 0.5) is 0 Å². The van der Waals surface area contributed by atoms with Gasteiger partial charge >= 0.3 is 0 Å². The van der Waals surface area contributed by atoms with Gasteiger partial charge < -0.3 is 19.3 Å². The van der Waals surface area contributed by atoms with Crippen molar-refractivity contribution in [2.75, 3.05) is 40.4 Å². The average molecular weight is 425 g/mol. The number of carbonyl (C=O) groups excluding carboxylic acids is 2. The molecule has 2 aromatic rings. The maximum Gasteiger partial charge on any atom is 0.257 e. The number of rotatable bonds is 7. The fraction of sp³-hybridized carbons (Fsp3) is 0.440. The van der Waals surface area contributed by atoms with Gasteiger partial charge in [0.15, 0.2) is 0 Å². The van der Waals surface area contributed by atoms with Gasteiger partial charge in [0.25, 0.3) is 5.91 Å². The van der Waals surface area contributed by atoms with Gasteiger partial charge in [0, 0.05) is 32.2 Å². The van der Waals surface area contributed by atoms with E-state index < -0.39 is 0 Å². The number of piperazine rings is 1. The summed E-state index contributed by atoms with van der Waals surface area (Å²) in [5.41, 5.74) is 2.83. The molecular formula is C25H32N2O4. The number of benzene rings is 2. The number of nitrogens with zero attached hydrogens (tertiary/aromatic N) is 2. The van der Waals surface area contributed by atoms with Crippen LogP contribution in [-0.2, 0) is 17.6 Å². The summed E-state index contributed by atoms with van der Waals surface area (Å²) in [7, 11) is 3.12. The third-order valence-electron chi connectivity index (χ3n) is 5.58. The first kappa shape index (κ1) is 22.7. The molecule has 2 aromatic carbocycles. The molecule has 1 fully saturated rings. The molecule has 1 aliphatic heterocycles. The summed E-state index contributed by atoms with van der Waals surface area (Å²) in [6.07, 6.45) is 1.44. The average Bonchev–Trinajstić information content (AvgIpc) is 2.79. The van der Waals surface area contributed by atoms with Crippen molar-refractivity contribution in [3.63, 3.8) is 0 Å². The van der Waals surface area contributed by atoms with E-state index in [0.29, 0.717) is 55.6 Å². The minimum absolute atomic E-state index is 0.0904. The van der Waals surface area contributed by atoms with Gasteiger partial charge in [-0.3, -0.25) is 9.59 Å². The Morgan fingerprint density at radius 3 is 2.06 bits per heavy atom. The first-order chi connectivity index (χ1) is 14.9. The molecular weight excluding hydrogens is 392 g/mol. The van der Waals surface area contributed by atoms with Crippen molar-refractivity contribution < 1.29 is 19.1 Å². The number of hydrogen-bond acceptors (Lipinski definition) is 4. The molecule has 1 aliphatic rings. The van der Waals surface area contributed by atoms with Gasteiger partial charge in [-0.1, -0.05) is 38.1 Å². The molecule has 6 heteroatoms. The molecule has 0 saturated carbocycles. The van der Waals surface area contributed by atoms with E-state index in [1.54, 1.807) is 30.2 Å². The minimum Gasteiger partial charge on any atom is -0.497 e. The zero-order chi connectivity index (χ0) is 22.4. The van der Waals surface area contributed by atoms with E-state index in [4.69, 9.17) is 9.47 Å². The normalized spacial score (nSPS) is 14.0. The molecule has 166 valence electrons. The van der Waals surface area contributed by atoms with Crippen LogP contribution in [0.2, 0.25) is 0 Å². The summed E-state index contributed by atoms with van der Waals surface area (Å²) in [6.45, 7) is 6.49. The Labute approximate surface area is 184 Å². The summed E-state index contributed by atoms with van der Waals surface area (Å²) < 4.78 is 10.6. The van der Waals surface area contributed by atoms with Crippen molar-refractivity contribution in [3.8, 4) is 11.5 Å². The van der Waals surface area contributed by atoms with Crippen LogP contribution in [0.5, 0.6) is 11.5 Å². The molecule has 2 amide bonds. The van der Waals surface area contributed by atoms with Crippen LogP contribution in [0.25, 0.3) is 0 Å². The minimum atomic E-state index is -0.0904. The van der Waals surface area contributed by atoms with Gasteiger partial charge in [0.2, 0.25) is 5.91 Å². The van der Waals surface area contributed by atoms with Crippen LogP contribution in [0.15, 0.2) is 42.5 Å². The highest BCUT2D eigenvalue weighted by Crippen LogP contribution is 2.26. The Kier molecular flexibility index (Phi) is 7.55. The van der Waals surface area contributed by atoms with Gasteiger partial charge in [-0.05, 0) is 35.6 Å². The lowest BCUT2D eigenvalue weighted by Gasteiger charge is -2.35. The van der Waals surface area contributed by atoms with E-state index >= 15 is 0 Å². The maximum absolute atomic E-state index is 13.0. The molecule has 0 N–H and O–H groups in total. The molecule has 0 unspecified atom stereocenters. The molecule has 0 spiro atoms. The Bertz CT molecular complexity index is 900. The van der Waals surface area contributed by atoms with Gasteiger partial charge in [0.1, 0.15) is 11.5 Å². The molecule has 0 aromatic heterocycles. The zero-order valence-electron chi connectivity index (χ0n) is 18.9. The van der Waals surface area contributed by atoms with Crippen LogP contribution < -0.4 is 9.47 Å². The Balaban J connectivity index is 1.55. The number of amides is 2. The first-order valence-electron chi connectivity index (χ1n) is 10.8. The second-order valence-electron chi connectivity index (χ2n) is 8.33. The largest absolute Gasteiger partial charge is 0.497 e. The highest BCUT2D eigenvalue weighted by molar-refractivity contribution is 5.97. The summed E-state index contributed by atoms with van der Waals surface area (Å²) in [4.78, 5) is 29.3. The first-order valence-corrected chi connectivity index (χ1v) is 10.8. The van der Waals surface area contributed by atoms with Crippen molar-refractivity contribution in [3.05, 3.63) is 59.2 Å². The molecule has 0 bridgehead atoms. The number of ether oxygens (including phenoxy) is 2. The summed E-state index contributed by atoms with van der Waals surface area (Å²) >= 11 is 0. The van der Waals surface area contributed by atoms with Gasteiger partial charge in [-0.15, -0.1) is 0 Å². The second-order valence-corrected chi connectivity index (χ2v) is 8.33. The van der Waals surface area contributed by atoms with E-state index in [-0.39, 0.29) is 11.8 Å². The SMILES string of the molecule is COc1ccc(C(=O)N2CCN(C(=O)Cc3ccc(CC(C)C)cc3)CC2)c(OC)c1. The third kappa shape index (κ3) is 5.78. The monoisotopic (exact) mass is 424 g/mol. The zero-order valence-corrected chi connectivity index (χ0v) is 18.9. The quantitative estimate of drug-likeness (QED) is 0.683. The Morgan fingerprint density at radius 1 is 0.871 bits per heavy atom. The number of methoxy groups -OCH3 is 2. The molecule has 1 heterocycles. The number of carbonyl (C=O) groups is 2. The molecule has 1 saturated heterocycles. The Hall–Kier alpha value is -3.02. The van der Waals surface area contributed by atoms with Crippen LogP contribution in [0.3, 0.4) is 0 Å². The lowest BCUT2D eigenvalue weighted by atomic mass is 10.0. The van der Waals surface area contributed by atoms with Crippen molar-refractivity contribution in [1.29, 1.82) is 0 Å². The van der Waals surface area contributed by atoms with Crippen molar-refractivity contribution in [1.82, 2.24) is 9.80 Å². The van der Waals surface area contributed by atoms with Crippen LogP contribution >= 0.6 is 0 Å². The highest BCUT2D eigenvalue weighted by Gasteiger charge is 2.26. The molecule has 6 nitrogen and oxygen atoms in total. The fourth-order valence-electron chi connectivity index (χ4n) is 3.86. The topological polar surface area (TPSA) is 59.1 Å². The molecule has 31 heavy (non-hydrogen) atoms. The Morgan fingerprint density at radius 2 is 1.48 bits per heavy atom. The smallest absolute Gasteiger partial charge is 0.257 e. The lowest BCUT2D eigenvalue weighted by Crippen LogP contribution is -2.51. The van der Waals surface area contributed by atoms with E-state index in [9.17, 15) is 9.59 Å². The van der Waals surface area contributed by atoms with E-state index in [1.165, 1.54) is 12.7 Å². The second kappa shape index (κ2) is 10.3. The van der Waals surface area contributed by atoms with Gasteiger partial charge in [0.05, 0.1) is 26.2 Å². The molecule has 0 atom stereocenters. The van der Waals surface area contributed by atoms with E-state index in [1.807, 2.05) is 17.0 Å². The predicted octanol–water partition coefficient (Wildman–Crippen LogP) is 3.43. The van der Waals surface area contributed by atoms with Crippen molar-refractivity contribution >= 4 is 11.8 Å². The summed E-state index contributed by atoms with van der Waals surface area (Å²) in [5, 5.41) is 0. The standard InChI is InChI=1S/C25H32N2O4/c1-18(2)15-19-5-7-20(8-6-19)16-24(28)26-11-13-27(14-12-26)25(29)22-10-9-21(30-3)17-23(22)31-4/h5-10,17-18H,11-16H2,1-4H3. The molecule has 0 radical (unpaired) electrons. The highest BCUT2D eigenvalue weighted by atomic mass is 16.5. The van der Waals surface area contributed by atoms with Crippen LogP contribution in [-0.4, -0.2) is 62.0 Å². The summed E-state index contributed by atoms with van der Waals surface area (Å²) in [5.74, 6) is 1.76. The van der Waals surface area contributed by atoms with Gasteiger partial charge in [-0.25, -0.2) is 0 Å². The third-order valence-corrected chi connectivity index (χ3v) is 5.58.